The first kappa shape index (κ1) is 21.3. The van der Waals surface area contributed by atoms with Crippen molar-refractivity contribution in [1.29, 1.82) is 0 Å². The number of piperidine rings is 1. The van der Waals surface area contributed by atoms with Gasteiger partial charge in [-0.15, -0.1) is 24.0 Å². The molecule has 1 aliphatic rings. The van der Waals surface area contributed by atoms with Crippen LogP contribution in [0, 0.1) is 18.8 Å². The molecule has 2 heterocycles. The maximum atomic E-state index is 4.85. The van der Waals surface area contributed by atoms with Crippen molar-refractivity contribution in [2.24, 2.45) is 16.8 Å². The zero-order valence-electron chi connectivity index (χ0n) is 15.7. The van der Waals surface area contributed by atoms with Crippen LogP contribution in [0.25, 0.3) is 0 Å². The Bertz CT molecular complexity index is 489. The molecule has 1 aromatic rings. The van der Waals surface area contributed by atoms with Crippen LogP contribution in [0.15, 0.2) is 17.4 Å². The first-order valence-corrected chi connectivity index (χ1v) is 9.11. The minimum absolute atomic E-state index is 0. The van der Waals surface area contributed by atoms with Gasteiger partial charge in [-0.3, -0.25) is 4.99 Å². The number of aliphatic imine (C=N–C) groups is 1. The molecule has 5 nitrogen and oxygen atoms in total. The summed E-state index contributed by atoms with van der Waals surface area (Å²) < 4.78 is 2.21. The number of aromatic nitrogens is 2. The van der Waals surface area contributed by atoms with Gasteiger partial charge < -0.3 is 14.8 Å². The predicted octanol–water partition coefficient (Wildman–Crippen LogP) is 3.53. The molecular weight excluding hydrogens is 413 g/mol. The zero-order valence-corrected chi connectivity index (χ0v) is 18.0. The molecule has 24 heavy (non-hydrogen) atoms. The van der Waals surface area contributed by atoms with Crippen molar-refractivity contribution in [2.45, 2.75) is 53.5 Å². The molecule has 0 amide bonds. The number of guanidine groups is 1. The first-order chi connectivity index (χ1) is 11.1. The van der Waals surface area contributed by atoms with Crippen molar-refractivity contribution in [2.75, 3.05) is 26.2 Å². The van der Waals surface area contributed by atoms with E-state index in [-0.39, 0.29) is 24.0 Å². The molecule has 0 aliphatic carbocycles. The van der Waals surface area contributed by atoms with Gasteiger partial charge in [0, 0.05) is 45.1 Å². The fourth-order valence-corrected chi connectivity index (χ4v) is 3.48. The van der Waals surface area contributed by atoms with Crippen molar-refractivity contribution in [3.05, 3.63) is 18.2 Å². The highest BCUT2D eigenvalue weighted by Crippen LogP contribution is 2.20. The Labute approximate surface area is 164 Å². The summed E-state index contributed by atoms with van der Waals surface area (Å²) in [6.07, 6.45) is 7.52. The topological polar surface area (TPSA) is 45.5 Å². The third-order valence-corrected chi connectivity index (χ3v) is 4.50. The van der Waals surface area contributed by atoms with Gasteiger partial charge >= 0.3 is 0 Å². The van der Waals surface area contributed by atoms with Crippen LogP contribution in [0.4, 0.5) is 0 Å². The van der Waals surface area contributed by atoms with E-state index in [1.165, 1.54) is 6.42 Å². The Morgan fingerprint density at radius 1 is 1.29 bits per heavy atom. The number of nitrogens with one attached hydrogen (secondary N) is 1. The summed E-state index contributed by atoms with van der Waals surface area (Å²) in [5, 5.41) is 3.47. The lowest BCUT2D eigenvalue weighted by Gasteiger charge is -2.37. The summed E-state index contributed by atoms with van der Waals surface area (Å²) in [6, 6.07) is 0. The Balaban J connectivity index is 0.00000288. The van der Waals surface area contributed by atoms with Crippen LogP contribution in [0.5, 0.6) is 0 Å². The number of nitrogens with zero attached hydrogens (tertiary/aromatic N) is 4. The van der Waals surface area contributed by atoms with Gasteiger partial charge in [0.1, 0.15) is 5.82 Å². The second-order valence-electron chi connectivity index (χ2n) is 6.96. The summed E-state index contributed by atoms with van der Waals surface area (Å²) in [5.41, 5.74) is 0. The lowest BCUT2D eigenvalue weighted by atomic mass is 9.92. The van der Waals surface area contributed by atoms with Crippen molar-refractivity contribution in [3.8, 4) is 0 Å². The van der Waals surface area contributed by atoms with E-state index in [4.69, 9.17) is 4.99 Å². The average Bonchev–Trinajstić information content (AvgIpc) is 2.90. The van der Waals surface area contributed by atoms with Crippen LogP contribution >= 0.6 is 24.0 Å². The third kappa shape index (κ3) is 6.61. The molecule has 1 fully saturated rings. The number of likely N-dealkylation sites (tertiary alicyclic amines) is 1. The SMILES string of the molecule is CCNC(=NCCCCn1ccnc1C)N1CC(C)CC(C)C1.I. The molecule has 0 radical (unpaired) electrons. The first-order valence-electron chi connectivity index (χ1n) is 9.11. The maximum Gasteiger partial charge on any atom is 0.193 e. The standard InChI is InChI=1S/C18H33N5.HI/c1-5-19-18(23-13-15(2)12-16(3)14-23)21-8-6-7-10-22-11-9-20-17(22)4;/h9,11,15-16H,5-8,10,12-14H2,1-4H3,(H,19,21);1H. The van der Waals surface area contributed by atoms with Crippen LogP contribution < -0.4 is 5.32 Å². The summed E-state index contributed by atoms with van der Waals surface area (Å²) in [7, 11) is 0. The van der Waals surface area contributed by atoms with E-state index in [9.17, 15) is 0 Å². The monoisotopic (exact) mass is 447 g/mol. The van der Waals surface area contributed by atoms with Gasteiger partial charge in [0.15, 0.2) is 5.96 Å². The number of aryl methyl sites for hydroxylation is 2. The highest BCUT2D eigenvalue weighted by molar-refractivity contribution is 14.0. The number of halogens is 1. The van der Waals surface area contributed by atoms with Gasteiger partial charge in [0.2, 0.25) is 0 Å². The van der Waals surface area contributed by atoms with Gasteiger partial charge in [-0.1, -0.05) is 13.8 Å². The minimum Gasteiger partial charge on any atom is -0.357 e. The van der Waals surface area contributed by atoms with Crippen molar-refractivity contribution >= 4 is 29.9 Å². The van der Waals surface area contributed by atoms with E-state index in [0.29, 0.717) is 0 Å². The second-order valence-corrected chi connectivity index (χ2v) is 6.96. The average molecular weight is 447 g/mol. The third-order valence-electron chi connectivity index (χ3n) is 4.50. The van der Waals surface area contributed by atoms with Gasteiger partial charge in [-0.2, -0.15) is 0 Å². The Hall–Kier alpha value is -0.790. The number of unbranched alkanes of at least 4 members (excludes halogenated alkanes) is 1. The number of hydrogen-bond acceptors (Lipinski definition) is 2. The fourth-order valence-electron chi connectivity index (χ4n) is 3.48. The Kier molecular flexibility index (Phi) is 9.69. The van der Waals surface area contributed by atoms with Gasteiger partial charge in [0.25, 0.3) is 0 Å². The minimum atomic E-state index is 0. The van der Waals surface area contributed by atoms with Crippen molar-refractivity contribution < 1.29 is 0 Å². The van der Waals surface area contributed by atoms with Crippen molar-refractivity contribution in [3.63, 3.8) is 0 Å². The molecule has 1 aliphatic heterocycles. The van der Waals surface area contributed by atoms with E-state index in [2.05, 4.69) is 53.7 Å². The van der Waals surface area contributed by atoms with E-state index in [1.54, 1.807) is 0 Å². The molecule has 1 N–H and O–H groups in total. The van der Waals surface area contributed by atoms with Crippen molar-refractivity contribution in [1.82, 2.24) is 19.8 Å². The molecule has 2 unspecified atom stereocenters. The summed E-state index contributed by atoms with van der Waals surface area (Å²) in [6.45, 7) is 14.0. The molecule has 138 valence electrons. The molecule has 0 saturated carbocycles. The molecule has 2 rings (SSSR count). The van der Waals surface area contributed by atoms with Crippen LogP contribution in [0.2, 0.25) is 0 Å². The molecule has 0 spiro atoms. The normalized spacial score (nSPS) is 21.5. The summed E-state index contributed by atoms with van der Waals surface area (Å²) in [4.78, 5) is 11.6. The van der Waals surface area contributed by atoms with Gasteiger partial charge in [-0.05, 0) is 44.9 Å². The summed E-state index contributed by atoms with van der Waals surface area (Å²) in [5.74, 6) is 3.71. The predicted molar refractivity (Wildman–Crippen MR) is 112 cm³/mol. The van der Waals surface area contributed by atoms with Crippen LogP contribution in [-0.4, -0.2) is 46.6 Å². The van der Waals surface area contributed by atoms with E-state index >= 15 is 0 Å². The Morgan fingerprint density at radius 3 is 2.58 bits per heavy atom. The smallest absolute Gasteiger partial charge is 0.193 e. The number of imidazole rings is 1. The highest BCUT2D eigenvalue weighted by Gasteiger charge is 2.23. The molecule has 2 atom stereocenters. The lowest BCUT2D eigenvalue weighted by Crippen LogP contribution is -2.48. The van der Waals surface area contributed by atoms with Crippen LogP contribution in [0.1, 0.15) is 45.9 Å². The maximum absolute atomic E-state index is 4.85. The van der Waals surface area contributed by atoms with Gasteiger partial charge in [0.05, 0.1) is 0 Å². The summed E-state index contributed by atoms with van der Waals surface area (Å²) >= 11 is 0. The molecule has 6 heteroatoms. The molecule has 0 bridgehead atoms. The van der Waals surface area contributed by atoms with Crippen LogP contribution in [-0.2, 0) is 6.54 Å². The molecule has 1 aromatic heterocycles. The number of rotatable bonds is 6. The zero-order chi connectivity index (χ0) is 16.7. The highest BCUT2D eigenvalue weighted by atomic mass is 127. The van der Waals surface area contributed by atoms with Crippen LogP contribution in [0.3, 0.4) is 0 Å². The fraction of sp³-hybridized carbons (Fsp3) is 0.778. The largest absolute Gasteiger partial charge is 0.357 e. The number of hydrogen-bond donors (Lipinski definition) is 1. The van der Waals surface area contributed by atoms with Gasteiger partial charge in [-0.25, -0.2) is 4.98 Å². The quantitative estimate of drug-likeness (QED) is 0.314. The van der Waals surface area contributed by atoms with E-state index in [0.717, 1.165) is 69.2 Å². The van der Waals surface area contributed by atoms with E-state index in [1.807, 2.05) is 6.20 Å². The Morgan fingerprint density at radius 2 is 2.00 bits per heavy atom. The molecule has 0 aromatic carbocycles. The molecule has 1 saturated heterocycles. The second kappa shape index (κ2) is 10.9. The van der Waals surface area contributed by atoms with E-state index < -0.39 is 0 Å². The lowest BCUT2D eigenvalue weighted by molar-refractivity contribution is 0.208. The molecular formula is C18H34IN5.